The predicted molar refractivity (Wildman–Crippen MR) is 89.7 cm³/mol. The van der Waals surface area contributed by atoms with E-state index in [1.54, 1.807) is 6.92 Å². The number of nitro groups is 1. The molecule has 0 aromatic heterocycles. The Morgan fingerprint density at radius 1 is 1.19 bits per heavy atom. The minimum Gasteiger partial charge on any atom is -0.466 e. The molecule has 1 heterocycles. The third-order valence-electron chi connectivity index (χ3n) is 4.20. The van der Waals surface area contributed by atoms with E-state index in [4.69, 9.17) is 4.74 Å². The van der Waals surface area contributed by atoms with Gasteiger partial charge in [0.05, 0.1) is 30.1 Å². The fraction of sp³-hybridized carbons (Fsp3) is 0.471. The van der Waals surface area contributed by atoms with Crippen LogP contribution in [0.3, 0.4) is 0 Å². The van der Waals surface area contributed by atoms with Crippen molar-refractivity contribution in [3.63, 3.8) is 0 Å². The number of carbonyl (C=O) groups is 3. The van der Waals surface area contributed by atoms with Crippen LogP contribution in [0, 0.1) is 16.0 Å². The van der Waals surface area contributed by atoms with Gasteiger partial charge < -0.3 is 14.4 Å². The summed E-state index contributed by atoms with van der Waals surface area (Å²) >= 11 is 0. The van der Waals surface area contributed by atoms with E-state index in [-0.39, 0.29) is 28.7 Å². The Morgan fingerprint density at radius 2 is 1.81 bits per heavy atom. The number of rotatable bonds is 5. The first-order valence-electron chi connectivity index (χ1n) is 8.21. The predicted octanol–water partition coefficient (Wildman–Crippen LogP) is 1.80. The molecule has 0 spiro atoms. The van der Waals surface area contributed by atoms with Gasteiger partial charge in [0.1, 0.15) is 0 Å². The monoisotopic (exact) mass is 364 g/mol. The van der Waals surface area contributed by atoms with Crippen molar-refractivity contribution in [3.8, 4) is 0 Å². The van der Waals surface area contributed by atoms with Crippen LogP contribution in [0.1, 0.15) is 40.5 Å². The Morgan fingerprint density at radius 3 is 2.35 bits per heavy atom. The summed E-state index contributed by atoms with van der Waals surface area (Å²) in [5.74, 6) is -1.72. The second-order valence-electron chi connectivity index (χ2n) is 5.84. The van der Waals surface area contributed by atoms with Crippen molar-refractivity contribution in [1.82, 2.24) is 4.90 Å². The molecular formula is C17H20N2O7. The van der Waals surface area contributed by atoms with Gasteiger partial charge in [-0.15, -0.1) is 0 Å². The summed E-state index contributed by atoms with van der Waals surface area (Å²) < 4.78 is 9.57. The normalized spacial score (nSPS) is 14.6. The summed E-state index contributed by atoms with van der Waals surface area (Å²) in [4.78, 5) is 48.0. The standard InChI is InChI=1S/C17H20N2O7/c1-3-26-17(22)11-4-6-18(7-5-11)15(20)12-8-13(16(21)25-2)10-14(9-12)19(23)24/h8-11H,3-7H2,1-2H3. The van der Waals surface area contributed by atoms with Gasteiger partial charge in [0.25, 0.3) is 11.6 Å². The van der Waals surface area contributed by atoms with Crippen molar-refractivity contribution >= 4 is 23.5 Å². The maximum absolute atomic E-state index is 12.7. The molecule has 0 atom stereocenters. The Balaban J connectivity index is 2.17. The number of carbonyl (C=O) groups excluding carboxylic acids is 3. The van der Waals surface area contributed by atoms with Crippen LogP contribution in [0.2, 0.25) is 0 Å². The van der Waals surface area contributed by atoms with Crippen molar-refractivity contribution in [2.45, 2.75) is 19.8 Å². The Kier molecular flexibility index (Phi) is 6.26. The number of non-ortho nitro benzene ring substituents is 1. The zero-order chi connectivity index (χ0) is 19.3. The van der Waals surface area contributed by atoms with Gasteiger partial charge in [-0.25, -0.2) is 4.79 Å². The number of piperidine rings is 1. The lowest BCUT2D eigenvalue weighted by Crippen LogP contribution is -2.40. The maximum atomic E-state index is 12.7. The molecular weight excluding hydrogens is 344 g/mol. The zero-order valence-electron chi connectivity index (χ0n) is 14.6. The number of likely N-dealkylation sites (tertiary alicyclic amines) is 1. The fourth-order valence-corrected chi connectivity index (χ4v) is 2.84. The van der Waals surface area contributed by atoms with Crippen LogP contribution in [0.5, 0.6) is 0 Å². The summed E-state index contributed by atoms with van der Waals surface area (Å²) in [5, 5.41) is 11.1. The highest BCUT2D eigenvalue weighted by Gasteiger charge is 2.29. The molecule has 0 radical (unpaired) electrons. The third-order valence-corrected chi connectivity index (χ3v) is 4.20. The summed E-state index contributed by atoms with van der Waals surface area (Å²) in [5.41, 5.74) is -0.390. The lowest BCUT2D eigenvalue weighted by molar-refractivity contribution is -0.384. The molecule has 0 bridgehead atoms. The number of benzene rings is 1. The van der Waals surface area contributed by atoms with Crippen LogP contribution in [-0.2, 0) is 14.3 Å². The van der Waals surface area contributed by atoms with Gasteiger partial charge in [0, 0.05) is 30.8 Å². The number of hydrogen-bond acceptors (Lipinski definition) is 7. The van der Waals surface area contributed by atoms with Crippen molar-refractivity contribution in [2.24, 2.45) is 5.92 Å². The fourth-order valence-electron chi connectivity index (χ4n) is 2.84. The molecule has 1 aromatic carbocycles. The van der Waals surface area contributed by atoms with Crippen LogP contribution in [0.15, 0.2) is 18.2 Å². The molecule has 2 rings (SSSR count). The third kappa shape index (κ3) is 4.35. The highest BCUT2D eigenvalue weighted by molar-refractivity contribution is 5.99. The highest BCUT2D eigenvalue weighted by Crippen LogP contribution is 2.23. The van der Waals surface area contributed by atoms with Crippen LogP contribution in [0.4, 0.5) is 5.69 Å². The van der Waals surface area contributed by atoms with Crippen LogP contribution in [-0.4, -0.2) is 54.5 Å². The van der Waals surface area contributed by atoms with Crippen LogP contribution < -0.4 is 0 Å². The Labute approximate surface area is 150 Å². The molecule has 0 unspecified atom stereocenters. The van der Waals surface area contributed by atoms with Crippen molar-refractivity contribution in [3.05, 3.63) is 39.4 Å². The zero-order valence-corrected chi connectivity index (χ0v) is 14.6. The minimum absolute atomic E-state index is 0.0363. The van der Waals surface area contributed by atoms with Crippen LogP contribution in [0.25, 0.3) is 0 Å². The van der Waals surface area contributed by atoms with Gasteiger partial charge >= 0.3 is 11.9 Å². The smallest absolute Gasteiger partial charge is 0.338 e. The average molecular weight is 364 g/mol. The van der Waals surface area contributed by atoms with Gasteiger partial charge in [0.2, 0.25) is 0 Å². The molecule has 140 valence electrons. The topological polar surface area (TPSA) is 116 Å². The lowest BCUT2D eigenvalue weighted by Gasteiger charge is -2.31. The first kappa shape index (κ1) is 19.4. The van der Waals surface area contributed by atoms with Gasteiger partial charge in [-0.3, -0.25) is 19.7 Å². The summed E-state index contributed by atoms with van der Waals surface area (Å²) in [7, 11) is 1.16. The Hall–Kier alpha value is -2.97. The molecule has 1 fully saturated rings. The molecule has 0 saturated carbocycles. The lowest BCUT2D eigenvalue weighted by atomic mass is 9.96. The van der Waals surface area contributed by atoms with E-state index < -0.39 is 16.8 Å². The molecule has 9 heteroatoms. The highest BCUT2D eigenvalue weighted by atomic mass is 16.6. The van der Waals surface area contributed by atoms with Gasteiger partial charge in [-0.1, -0.05) is 0 Å². The number of amides is 1. The largest absolute Gasteiger partial charge is 0.466 e. The van der Waals surface area contributed by atoms with Crippen molar-refractivity contribution in [2.75, 3.05) is 26.8 Å². The number of ether oxygens (including phenoxy) is 2. The van der Waals surface area contributed by atoms with E-state index in [1.165, 1.54) is 11.0 Å². The van der Waals surface area contributed by atoms with Crippen molar-refractivity contribution < 1.29 is 28.8 Å². The van der Waals surface area contributed by atoms with E-state index in [9.17, 15) is 24.5 Å². The second-order valence-corrected chi connectivity index (χ2v) is 5.84. The molecule has 1 amide bonds. The van der Waals surface area contributed by atoms with E-state index in [0.29, 0.717) is 32.5 Å². The molecule has 1 aliphatic rings. The summed E-state index contributed by atoms with van der Waals surface area (Å²) in [6.45, 7) is 2.71. The summed E-state index contributed by atoms with van der Waals surface area (Å²) in [6.07, 6.45) is 0.923. The van der Waals surface area contributed by atoms with E-state index >= 15 is 0 Å². The number of esters is 2. The van der Waals surface area contributed by atoms with E-state index in [2.05, 4.69) is 4.74 Å². The first-order chi connectivity index (χ1) is 12.4. The van der Waals surface area contributed by atoms with Gasteiger partial charge in [-0.2, -0.15) is 0 Å². The quantitative estimate of drug-likeness (QED) is 0.444. The maximum Gasteiger partial charge on any atom is 0.338 e. The average Bonchev–Trinajstić information content (AvgIpc) is 2.66. The number of methoxy groups -OCH3 is 1. The van der Waals surface area contributed by atoms with E-state index in [1.807, 2.05) is 0 Å². The van der Waals surface area contributed by atoms with Gasteiger partial charge in [-0.05, 0) is 25.8 Å². The number of hydrogen-bond donors (Lipinski definition) is 0. The number of nitro benzene ring substituents is 1. The Bertz CT molecular complexity index is 724. The molecule has 0 aliphatic carbocycles. The number of nitrogens with zero attached hydrogens (tertiary/aromatic N) is 2. The molecule has 1 saturated heterocycles. The molecule has 9 nitrogen and oxygen atoms in total. The first-order valence-corrected chi connectivity index (χ1v) is 8.21. The van der Waals surface area contributed by atoms with Crippen molar-refractivity contribution in [1.29, 1.82) is 0 Å². The molecule has 1 aromatic rings. The summed E-state index contributed by atoms with van der Waals surface area (Å²) in [6, 6.07) is 3.47. The molecule has 1 aliphatic heterocycles. The van der Waals surface area contributed by atoms with E-state index in [0.717, 1.165) is 19.2 Å². The molecule has 0 N–H and O–H groups in total. The second kappa shape index (κ2) is 8.41. The SMILES string of the molecule is CCOC(=O)C1CCN(C(=O)c2cc(C(=O)OC)cc([N+](=O)[O-])c2)CC1. The molecule has 26 heavy (non-hydrogen) atoms. The van der Waals surface area contributed by atoms with Crippen LogP contribution >= 0.6 is 0 Å². The minimum atomic E-state index is -0.760. The van der Waals surface area contributed by atoms with Gasteiger partial charge in [0.15, 0.2) is 0 Å².